The van der Waals surface area contributed by atoms with Crippen LogP contribution in [0.15, 0.2) is 6.20 Å². The highest BCUT2D eigenvalue weighted by molar-refractivity contribution is 5.95. The summed E-state index contributed by atoms with van der Waals surface area (Å²) >= 11 is 0. The fourth-order valence-corrected chi connectivity index (χ4v) is 1.98. The first kappa shape index (κ1) is 12.1. The second-order valence-electron chi connectivity index (χ2n) is 4.23. The minimum atomic E-state index is -0.0316. The third-order valence-electron chi connectivity index (χ3n) is 3.23. The molecular formula is C11H18N4O2. The molecule has 1 saturated heterocycles. The van der Waals surface area contributed by atoms with Crippen LogP contribution in [0, 0.1) is 6.92 Å². The molecule has 0 bridgehead atoms. The number of nitrogens with zero attached hydrogens (tertiary/aromatic N) is 3. The highest BCUT2D eigenvalue weighted by Gasteiger charge is 2.28. The molecule has 0 saturated carbocycles. The summed E-state index contributed by atoms with van der Waals surface area (Å²) < 4.78 is 7.03. The molecule has 1 atom stereocenters. The Bertz CT molecular complexity index is 416. The number of aryl methyl sites for hydroxylation is 1. The van der Waals surface area contributed by atoms with E-state index in [2.05, 4.69) is 5.10 Å². The Kier molecular flexibility index (Phi) is 3.44. The second-order valence-corrected chi connectivity index (χ2v) is 4.23. The van der Waals surface area contributed by atoms with E-state index in [9.17, 15) is 4.79 Å². The Hall–Kier alpha value is -1.40. The van der Waals surface area contributed by atoms with E-state index >= 15 is 0 Å². The smallest absolute Gasteiger partial charge is 0.257 e. The van der Waals surface area contributed by atoms with Crippen molar-refractivity contribution in [3.8, 4) is 0 Å². The Labute approximate surface area is 100 Å². The summed E-state index contributed by atoms with van der Waals surface area (Å²) in [6.07, 6.45) is 1.61. The fraction of sp³-hybridized carbons (Fsp3) is 0.636. The molecule has 0 radical (unpaired) electrons. The van der Waals surface area contributed by atoms with Crippen molar-refractivity contribution in [2.24, 2.45) is 12.8 Å². The molecule has 0 aliphatic carbocycles. The zero-order valence-corrected chi connectivity index (χ0v) is 10.2. The molecule has 6 nitrogen and oxygen atoms in total. The lowest BCUT2D eigenvalue weighted by Crippen LogP contribution is -2.52. The van der Waals surface area contributed by atoms with Gasteiger partial charge in [-0.15, -0.1) is 0 Å². The third kappa shape index (κ3) is 2.18. The zero-order chi connectivity index (χ0) is 12.4. The largest absolute Gasteiger partial charge is 0.377 e. The summed E-state index contributed by atoms with van der Waals surface area (Å²) in [6, 6.07) is -0.0316. The number of amides is 1. The van der Waals surface area contributed by atoms with Gasteiger partial charge in [0.15, 0.2) is 0 Å². The molecule has 1 aliphatic heterocycles. The standard InChI is InChI=1S/C11H18N4O2/c1-8-10(6-13-14(8)2)11(16)15-3-4-17-7-9(15)5-12/h6,9H,3-5,7,12H2,1-2H3. The van der Waals surface area contributed by atoms with Gasteiger partial charge in [0.05, 0.1) is 31.0 Å². The number of hydrogen-bond donors (Lipinski definition) is 1. The average molecular weight is 238 g/mol. The highest BCUT2D eigenvalue weighted by atomic mass is 16.5. The van der Waals surface area contributed by atoms with Crippen molar-refractivity contribution in [2.45, 2.75) is 13.0 Å². The first-order valence-corrected chi connectivity index (χ1v) is 5.72. The number of nitrogens with two attached hydrogens (primary N) is 1. The second kappa shape index (κ2) is 4.85. The number of aromatic nitrogens is 2. The molecule has 2 N–H and O–H groups in total. The Balaban J connectivity index is 2.21. The van der Waals surface area contributed by atoms with E-state index in [1.807, 2.05) is 14.0 Å². The number of carbonyl (C=O) groups excluding carboxylic acids is 1. The van der Waals surface area contributed by atoms with Crippen molar-refractivity contribution in [1.29, 1.82) is 0 Å². The minimum absolute atomic E-state index is 0.00523. The molecule has 1 aromatic rings. The SMILES string of the molecule is Cc1c(C(=O)N2CCOCC2CN)cnn1C. The van der Waals surface area contributed by atoms with Crippen LogP contribution < -0.4 is 5.73 Å². The maximum atomic E-state index is 12.4. The molecule has 0 aromatic carbocycles. The van der Waals surface area contributed by atoms with Gasteiger partial charge in [-0.05, 0) is 6.92 Å². The highest BCUT2D eigenvalue weighted by Crippen LogP contribution is 2.14. The van der Waals surface area contributed by atoms with E-state index < -0.39 is 0 Å². The number of hydrogen-bond acceptors (Lipinski definition) is 4. The molecule has 17 heavy (non-hydrogen) atoms. The molecular weight excluding hydrogens is 220 g/mol. The maximum Gasteiger partial charge on any atom is 0.257 e. The number of ether oxygens (including phenoxy) is 1. The van der Waals surface area contributed by atoms with Gasteiger partial charge < -0.3 is 15.4 Å². The first-order chi connectivity index (χ1) is 8.15. The van der Waals surface area contributed by atoms with Crippen LogP contribution in [-0.4, -0.2) is 52.9 Å². The average Bonchev–Trinajstić information content (AvgIpc) is 2.69. The van der Waals surface area contributed by atoms with Gasteiger partial charge in [-0.3, -0.25) is 9.48 Å². The quantitative estimate of drug-likeness (QED) is 0.756. The van der Waals surface area contributed by atoms with E-state index in [-0.39, 0.29) is 11.9 Å². The summed E-state index contributed by atoms with van der Waals surface area (Å²) in [5.74, 6) is -0.00523. The van der Waals surface area contributed by atoms with Gasteiger partial charge in [-0.25, -0.2) is 0 Å². The van der Waals surface area contributed by atoms with Gasteiger partial charge in [-0.1, -0.05) is 0 Å². The molecule has 1 unspecified atom stereocenters. The molecule has 2 heterocycles. The Morgan fingerprint density at radius 1 is 1.71 bits per heavy atom. The summed E-state index contributed by atoms with van der Waals surface area (Å²) in [7, 11) is 1.83. The van der Waals surface area contributed by atoms with Crippen LogP contribution in [0.1, 0.15) is 16.1 Å². The number of rotatable bonds is 2. The zero-order valence-electron chi connectivity index (χ0n) is 10.2. The van der Waals surface area contributed by atoms with Crippen LogP contribution in [-0.2, 0) is 11.8 Å². The maximum absolute atomic E-state index is 12.4. The van der Waals surface area contributed by atoms with Gasteiger partial charge in [0.25, 0.3) is 5.91 Å². The number of morpholine rings is 1. The van der Waals surface area contributed by atoms with E-state index in [1.54, 1.807) is 15.8 Å². The summed E-state index contributed by atoms with van der Waals surface area (Å²) in [5, 5.41) is 4.09. The van der Waals surface area contributed by atoms with E-state index in [0.717, 1.165) is 5.69 Å². The topological polar surface area (TPSA) is 73.4 Å². The van der Waals surface area contributed by atoms with E-state index in [0.29, 0.717) is 31.9 Å². The predicted octanol–water partition coefficient (Wildman–Crippen LogP) is -0.472. The van der Waals surface area contributed by atoms with Crippen LogP contribution in [0.2, 0.25) is 0 Å². The van der Waals surface area contributed by atoms with E-state index in [1.165, 1.54) is 0 Å². The van der Waals surface area contributed by atoms with Gasteiger partial charge in [0, 0.05) is 25.8 Å². The Morgan fingerprint density at radius 2 is 2.47 bits per heavy atom. The normalized spacial score (nSPS) is 20.6. The number of carbonyl (C=O) groups is 1. The summed E-state index contributed by atoms with van der Waals surface area (Å²) in [5.41, 5.74) is 7.18. The monoisotopic (exact) mass is 238 g/mol. The van der Waals surface area contributed by atoms with Crippen molar-refractivity contribution >= 4 is 5.91 Å². The lowest BCUT2D eigenvalue weighted by atomic mass is 10.1. The van der Waals surface area contributed by atoms with Crippen LogP contribution in [0.4, 0.5) is 0 Å². The summed E-state index contributed by atoms with van der Waals surface area (Å²) in [6.45, 7) is 3.99. The van der Waals surface area contributed by atoms with Gasteiger partial charge in [0.2, 0.25) is 0 Å². The molecule has 1 fully saturated rings. The van der Waals surface area contributed by atoms with Crippen LogP contribution in [0.3, 0.4) is 0 Å². The van der Waals surface area contributed by atoms with Crippen molar-refractivity contribution in [3.63, 3.8) is 0 Å². The van der Waals surface area contributed by atoms with Crippen LogP contribution in [0.5, 0.6) is 0 Å². The molecule has 6 heteroatoms. The van der Waals surface area contributed by atoms with Crippen LogP contribution >= 0.6 is 0 Å². The van der Waals surface area contributed by atoms with Crippen molar-refractivity contribution in [2.75, 3.05) is 26.3 Å². The molecule has 2 rings (SSSR count). The Morgan fingerprint density at radius 3 is 3.06 bits per heavy atom. The van der Waals surface area contributed by atoms with Crippen LogP contribution in [0.25, 0.3) is 0 Å². The molecule has 1 aromatic heterocycles. The predicted molar refractivity (Wildman–Crippen MR) is 62.6 cm³/mol. The molecule has 1 amide bonds. The lowest BCUT2D eigenvalue weighted by Gasteiger charge is -2.34. The first-order valence-electron chi connectivity index (χ1n) is 5.72. The van der Waals surface area contributed by atoms with E-state index in [4.69, 9.17) is 10.5 Å². The summed E-state index contributed by atoms with van der Waals surface area (Å²) in [4.78, 5) is 14.1. The van der Waals surface area contributed by atoms with Crippen molar-refractivity contribution < 1.29 is 9.53 Å². The molecule has 1 aliphatic rings. The molecule has 94 valence electrons. The lowest BCUT2D eigenvalue weighted by molar-refractivity contribution is 0.000792. The van der Waals surface area contributed by atoms with Crippen molar-refractivity contribution in [1.82, 2.24) is 14.7 Å². The third-order valence-corrected chi connectivity index (χ3v) is 3.23. The molecule has 0 spiro atoms. The van der Waals surface area contributed by atoms with Gasteiger partial charge >= 0.3 is 0 Å². The van der Waals surface area contributed by atoms with Crippen molar-refractivity contribution in [3.05, 3.63) is 17.5 Å². The van der Waals surface area contributed by atoms with Gasteiger partial charge in [-0.2, -0.15) is 5.10 Å². The minimum Gasteiger partial charge on any atom is -0.377 e. The van der Waals surface area contributed by atoms with Gasteiger partial charge in [0.1, 0.15) is 0 Å². The fourth-order valence-electron chi connectivity index (χ4n) is 1.98.